The highest BCUT2D eigenvalue weighted by Gasteiger charge is 2.29. The van der Waals surface area contributed by atoms with Crippen LogP contribution in [0.3, 0.4) is 0 Å². The number of benzene rings is 1. The Morgan fingerprint density at radius 2 is 1.96 bits per heavy atom. The summed E-state index contributed by atoms with van der Waals surface area (Å²) in [5.74, 6) is 1.36. The molecule has 0 aliphatic carbocycles. The van der Waals surface area contributed by atoms with Crippen molar-refractivity contribution in [3.8, 4) is 0 Å². The second kappa shape index (κ2) is 9.30. The van der Waals surface area contributed by atoms with Crippen LogP contribution >= 0.6 is 0 Å². The van der Waals surface area contributed by atoms with Crippen LogP contribution in [0.15, 0.2) is 36.7 Å². The van der Waals surface area contributed by atoms with Crippen molar-refractivity contribution in [1.82, 2.24) is 9.97 Å². The van der Waals surface area contributed by atoms with Gasteiger partial charge in [-0.3, -0.25) is 10.1 Å². The van der Waals surface area contributed by atoms with Crippen LogP contribution in [0.25, 0.3) is 0 Å². The van der Waals surface area contributed by atoms with Crippen LogP contribution in [0, 0.1) is 16.0 Å². The van der Waals surface area contributed by atoms with E-state index in [1.165, 1.54) is 11.9 Å². The minimum absolute atomic E-state index is 0.00453. The summed E-state index contributed by atoms with van der Waals surface area (Å²) in [7, 11) is 0. The molecule has 1 aromatic carbocycles. The van der Waals surface area contributed by atoms with E-state index < -0.39 is 0 Å². The van der Waals surface area contributed by atoms with Gasteiger partial charge in [-0.2, -0.15) is 0 Å². The van der Waals surface area contributed by atoms with Crippen LogP contribution in [0.2, 0.25) is 0 Å². The van der Waals surface area contributed by atoms with Crippen LogP contribution < -0.4 is 10.2 Å². The summed E-state index contributed by atoms with van der Waals surface area (Å²) < 4.78 is 0. The average Bonchev–Trinajstić information content (AvgIpc) is 2.69. The summed E-state index contributed by atoms with van der Waals surface area (Å²) in [5, 5.41) is 14.8. The van der Waals surface area contributed by atoms with Crippen LogP contribution in [0.4, 0.5) is 17.3 Å². The Kier molecular flexibility index (Phi) is 6.57. The molecule has 1 aliphatic heterocycles. The number of nitrogens with one attached hydrogen (secondary N) is 1. The maximum Gasteiger partial charge on any atom is 0.353 e. The van der Waals surface area contributed by atoms with Gasteiger partial charge in [0.05, 0.1) is 4.92 Å². The van der Waals surface area contributed by atoms with Crippen molar-refractivity contribution in [2.45, 2.75) is 39.0 Å². The molecule has 0 atom stereocenters. The first-order chi connectivity index (χ1) is 13.2. The van der Waals surface area contributed by atoms with E-state index in [1.54, 1.807) is 0 Å². The third-order valence-electron chi connectivity index (χ3n) is 5.09. The molecule has 1 aromatic heterocycles. The SMILES string of the molecule is CCCCNc1ncnc(N2CCC(Cc3ccccc3)CC2)c1[N+](=O)[O-]. The quantitative estimate of drug-likeness (QED) is 0.429. The summed E-state index contributed by atoms with van der Waals surface area (Å²) >= 11 is 0. The summed E-state index contributed by atoms with van der Waals surface area (Å²) in [6.45, 7) is 4.32. The van der Waals surface area contributed by atoms with Gasteiger partial charge in [-0.25, -0.2) is 9.97 Å². The van der Waals surface area contributed by atoms with Gasteiger partial charge in [-0.05, 0) is 37.2 Å². The predicted octanol–water partition coefficient (Wildman–Crippen LogP) is 4.06. The third kappa shape index (κ3) is 4.93. The molecule has 2 aromatic rings. The Bertz CT molecular complexity index is 745. The highest BCUT2D eigenvalue weighted by Crippen LogP contribution is 2.34. The maximum atomic E-state index is 11.7. The van der Waals surface area contributed by atoms with E-state index in [9.17, 15) is 10.1 Å². The highest BCUT2D eigenvalue weighted by atomic mass is 16.6. The number of hydrogen-bond donors (Lipinski definition) is 1. The zero-order valence-corrected chi connectivity index (χ0v) is 15.8. The Morgan fingerprint density at radius 1 is 1.22 bits per heavy atom. The van der Waals surface area contributed by atoms with Crippen molar-refractivity contribution in [3.63, 3.8) is 0 Å². The molecule has 0 bridgehead atoms. The zero-order chi connectivity index (χ0) is 19.1. The molecule has 0 spiro atoms. The Hall–Kier alpha value is -2.70. The topological polar surface area (TPSA) is 84.2 Å². The van der Waals surface area contributed by atoms with Gasteiger partial charge in [0.1, 0.15) is 6.33 Å². The maximum absolute atomic E-state index is 11.7. The Labute approximate surface area is 160 Å². The molecular formula is C20H27N5O2. The average molecular weight is 369 g/mol. The van der Waals surface area contributed by atoms with Gasteiger partial charge in [0.15, 0.2) is 0 Å². The van der Waals surface area contributed by atoms with Crippen LogP contribution in [0.5, 0.6) is 0 Å². The first-order valence-corrected chi connectivity index (χ1v) is 9.71. The number of nitro groups is 1. The summed E-state index contributed by atoms with van der Waals surface area (Å²) in [5.41, 5.74) is 1.35. The van der Waals surface area contributed by atoms with E-state index in [-0.39, 0.29) is 10.6 Å². The number of nitrogens with zero attached hydrogens (tertiary/aromatic N) is 4. The molecular weight excluding hydrogens is 342 g/mol. The van der Waals surface area contributed by atoms with E-state index in [0.717, 1.165) is 45.2 Å². The largest absolute Gasteiger partial charge is 0.364 e. The van der Waals surface area contributed by atoms with E-state index >= 15 is 0 Å². The summed E-state index contributed by atoms with van der Waals surface area (Å²) in [6.07, 6.45) is 6.47. The van der Waals surface area contributed by atoms with E-state index in [0.29, 0.717) is 24.1 Å². The second-order valence-electron chi connectivity index (χ2n) is 7.05. The molecule has 2 heterocycles. The number of anilines is 2. The first kappa shape index (κ1) is 19.1. The van der Waals surface area contributed by atoms with Crippen molar-refractivity contribution in [2.75, 3.05) is 29.9 Å². The molecule has 1 N–H and O–H groups in total. The summed E-state index contributed by atoms with van der Waals surface area (Å²) in [6, 6.07) is 10.5. The number of hydrogen-bond acceptors (Lipinski definition) is 6. The lowest BCUT2D eigenvalue weighted by molar-refractivity contribution is -0.383. The molecule has 3 rings (SSSR count). The molecule has 1 aliphatic rings. The fourth-order valence-corrected chi connectivity index (χ4v) is 3.58. The molecule has 1 fully saturated rings. The molecule has 0 unspecified atom stereocenters. The monoisotopic (exact) mass is 369 g/mol. The standard InChI is InChI=1S/C20H27N5O2/c1-2-3-11-21-19-18(25(26)27)20(23-15-22-19)24-12-9-17(10-13-24)14-16-7-5-4-6-8-16/h4-8,15,17H,2-3,9-14H2,1H3,(H,21,22,23). The van der Waals surface area contributed by atoms with Gasteiger partial charge in [-0.1, -0.05) is 43.7 Å². The number of piperidine rings is 1. The molecule has 7 heteroatoms. The zero-order valence-electron chi connectivity index (χ0n) is 15.8. The molecule has 0 radical (unpaired) electrons. The minimum atomic E-state index is -0.361. The lowest BCUT2D eigenvalue weighted by Crippen LogP contribution is -2.35. The summed E-state index contributed by atoms with van der Waals surface area (Å²) in [4.78, 5) is 21.7. The second-order valence-corrected chi connectivity index (χ2v) is 7.05. The van der Waals surface area contributed by atoms with Crippen molar-refractivity contribution < 1.29 is 4.92 Å². The van der Waals surface area contributed by atoms with Crippen LogP contribution in [0.1, 0.15) is 38.2 Å². The van der Waals surface area contributed by atoms with E-state index in [4.69, 9.17) is 0 Å². The van der Waals surface area contributed by atoms with Gasteiger partial charge in [0.2, 0.25) is 11.6 Å². The first-order valence-electron chi connectivity index (χ1n) is 9.71. The minimum Gasteiger partial charge on any atom is -0.364 e. The van der Waals surface area contributed by atoms with Crippen molar-refractivity contribution in [2.24, 2.45) is 5.92 Å². The third-order valence-corrected chi connectivity index (χ3v) is 5.09. The van der Waals surface area contributed by atoms with Crippen LogP contribution in [-0.2, 0) is 6.42 Å². The molecule has 144 valence electrons. The lowest BCUT2D eigenvalue weighted by Gasteiger charge is -2.32. The fraction of sp³-hybridized carbons (Fsp3) is 0.500. The smallest absolute Gasteiger partial charge is 0.353 e. The number of unbranched alkanes of at least 4 members (excludes halogenated alkanes) is 1. The predicted molar refractivity (Wildman–Crippen MR) is 107 cm³/mol. The van der Waals surface area contributed by atoms with E-state index in [1.807, 2.05) is 11.0 Å². The van der Waals surface area contributed by atoms with Gasteiger partial charge in [-0.15, -0.1) is 0 Å². The fourth-order valence-electron chi connectivity index (χ4n) is 3.58. The van der Waals surface area contributed by atoms with Crippen molar-refractivity contribution in [1.29, 1.82) is 0 Å². The lowest BCUT2D eigenvalue weighted by atomic mass is 9.90. The number of aromatic nitrogens is 2. The van der Waals surface area contributed by atoms with Gasteiger partial charge >= 0.3 is 5.69 Å². The van der Waals surface area contributed by atoms with Crippen LogP contribution in [-0.4, -0.2) is 34.5 Å². The van der Waals surface area contributed by atoms with Gasteiger partial charge < -0.3 is 10.2 Å². The van der Waals surface area contributed by atoms with Crippen molar-refractivity contribution >= 4 is 17.3 Å². The van der Waals surface area contributed by atoms with Gasteiger partial charge in [0.25, 0.3) is 0 Å². The Balaban J connectivity index is 1.68. The van der Waals surface area contributed by atoms with E-state index in [2.05, 4.69) is 46.5 Å². The highest BCUT2D eigenvalue weighted by molar-refractivity contribution is 5.70. The normalized spacial score (nSPS) is 14.9. The van der Waals surface area contributed by atoms with Crippen molar-refractivity contribution in [3.05, 3.63) is 52.3 Å². The molecule has 7 nitrogen and oxygen atoms in total. The molecule has 0 saturated carbocycles. The molecule has 0 amide bonds. The number of rotatable bonds is 8. The molecule has 1 saturated heterocycles. The molecule has 27 heavy (non-hydrogen) atoms. The van der Waals surface area contributed by atoms with Gasteiger partial charge in [0, 0.05) is 19.6 Å². The Morgan fingerprint density at radius 3 is 2.63 bits per heavy atom.